The van der Waals surface area contributed by atoms with Gasteiger partial charge in [-0.2, -0.15) is 0 Å². The molecular weight excluding hydrogens is 250 g/mol. The number of amides is 1. The zero-order valence-corrected chi connectivity index (χ0v) is 10.0. The first-order valence-corrected chi connectivity index (χ1v) is 5.34. The van der Waals surface area contributed by atoms with Gasteiger partial charge in [0.05, 0.1) is 0 Å². The number of hydrogen-bond acceptors (Lipinski definition) is 6. The van der Waals surface area contributed by atoms with Gasteiger partial charge in [-0.3, -0.25) is 9.59 Å². The molecule has 0 saturated carbocycles. The number of carbonyl (C=O) groups is 2. The van der Waals surface area contributed by atoms with Crippen molar-refractivity contribution in [3.05, 3.63) is 35.7 Å². The minimum absolute atomic E-state index is 0.0801. The Kier molecular flexibility index (Phi) is 3.23. The van der Waals surface area contributed by atoms with E-state index >= 15 is 0 Å². The summed E-state index contributed by atoms with van der Waals surface area (Å²) in [5.74, 6) is -0.374. The van der Waals surface area contributed by atoms with Crippen molar-refractivity contribution in [1.29, 1.82) is 0 Å². The predicted molar refractivity (Wildman–Crippen MR) is 63.2 cm³/mol. The van der Waals surface area contributed by atoms with Gasteiger partial charge < -0.3 is 10.5 Å². The Morgan fingerprint density at radius 2 is 2.32 bits per heavy atom. The normalized spacial score (nSPS) is 13.5. The molecule has 8 heteroatoms. The van der Waals surface area contributed by atoms with Gasteiger partial charge in [0.1, 0.15) is 12.0 Å². The molecule has 0 bridgehead atoms. The maximum absolute atomic E-state index is 11.6. The number of aromatic nitrogens is 4. The third-order valence-electron chi connectivity index (χ3n) is 2.58. The summed E-state index contributed by atoms with van der Waals surface area (Å²) in [6.07, 6.45) is 0.671. The average Bonchev–Trinajstić information content (AvgIpc) is 2.93. The fourth-order valence-electron chi connectivity index (χ4n) is 1.46. The summed E-state index contributed by atoms with van der Waals surface area (Å²) in [4.78, 5) is 22.3. The van der Waals surface area contributed by atoms with E-state index in [1.165, 1.54) is 13.0 Å². The molecule has 1 heterocycles. The Morgan fingerprint density at radius 1 is 1.53 bits per heavy atom. The van der Waals surface area contributed by atoms with E-state index in [9.17, 15) is 9.59 Å². The topological polar surface area (TPSA) is 124 Å². The van der Waals surface area contributed by atoms with E-state index in [4.69, 9.17) is 10.5 Å². The van der Waals surface area contributed by atoms with E-state index in [1.807, 2.05) is 0 Å². The minimum atomic E-state index is -1.55. The Morgan fingerprint density at radius 3 is 2.89 bits per heavy atom. The van der Waals surface area contributed by atoms with Gasteiger partial charge in [0, 0.05) is 5.56 Å². The number of H-pyrrole nitrogens is 1. The highest BCUT2D eigenvalue weighted by Crippen LogP contribution is 2.25. The standard InChI is InChI=1S/C11H11N5O3/c1-11(9(12)18,10-13-15-16-14-10)19-8-4-2-3-7(5-8)6-17/h2-6H,1H3,(H2,12,18)(H,13,14,15,16). The molecule has 3 N–H and O–H groups in total. The second kappa shape index (κ2) is 4.84. The maximum Gasteiger partial charge on any atom is 0.269 e. The smallest absolute Gasteiger partial charge is 0.269 e. The van der Waals surface area contributed by atoms with Gasteiger partial charge in [0.2, 0.25) is 11.4 Å². The van der Waals surface area contributed by atoms with Gasteiger partial charge in [-0.15, -0.1) is 5.10 Å². The van der Waals surface area contributed by atoms with Crippen LogP contribution in [0.15, 0.2) is 24.3 Å². The second-order valence-electron chi connectivity index (χ2n) is 3.94. The molecule has 0 aliphatic heterocycles. The van der Waals surface area contributed by atoms with Crippen molar-refractivity contribution in [2.45, 2.75) is 12.5 Å². The van der Waals surface area contributed by atoms with Crippen LogP contribution in [0.5, 0.6) is 5.75 Å². The van der Waals surface area contributed by atoms with Crippen LogP contribution in [0.3, 0.4) is 0 Å². The molecule has 8 nitrogen and oxygen atoms in total. The quantitative estimate of drug-likeness (QED) is 0.718. The van der Waals surface area contributed by atoms with Crippen molar-refractivity contribution in [2.24, 2.45) is 5.73 Å². The Bertz CT molecular complexity index is 598. The summed E-state index contributed by atoms with van der Waals surface area (Å²) in [5, 5.41) is 12.8. The van der Waals surface area contributed by atoms with Gasteiger partial charge in [-0.05, 0) is 29.5 Å². The minimum Gasteiger partial charge on any atom is -0.470 e. The lowest BCUT2D eigenvalue weighted by Crippen LogP contribution is -2.44. The molecule has 0 radical (unpaired) electrons. The first-order valence-electron chi connectivity index (χ1n) is 5.34. The fourth-order valence-corrected chi connectivity index (χ4v) is 1.46. The molecule has 0 saturated heterocycles. The maximum atomic E-state index is 11.6. The van der Waals surface area contributed by atoms with Crippen molar-refractivity contribution in [2.75, 3.05) is 0 Å². The van der Waals surface area contributed by atoms with Crippen LogP contribution < -0.4 is 10.5 Å². The number of tetrazole rings is 1. The summed E-state index contributed by atoms with van der Waals surface area (Å²) < 4.78 is 5.54. The van der Waals surface area contributed by atoms with Crippen LogP contribution >= 0.6 is 0 Å². The number of carbonyl (C=O) groups excluding carboxylic acids is 2. The SMILES string of the molecule is CC(Oc1cccc(C=O)c1)(C(N)=O)c1nnn[nH]1. The van der Waals surface area contributed by atoms with Crippen molar-refractivity contribution < 1.29 is 14.3 Å². The number of ether oxygens (including phenoxy) is 1. The number of primary amides is 1. The molecular formula is C11H11N5O3. The third-order valence-corrected chi connectivity index (χ3v) is 2.58. The van der Waals surface area contributed by atoms with Gasteiger partial charge in [0.15, 0.2) is 0 Å². The Labute approximate surface area is 107 Å². The highest BCUT2D eigenvalue weighted by Gasteiger charge is 2.39. The molecule has 98 valence electrons. The van der Waals surface area contributed by atoms with Gasteiger partial charge in [0.25, 0.3) is 5.91 Å². The number of nitrogens with two attached hydrogens (primary N) is 1. The van der Waals surface area contributed by atoms with E-state index in [2.05, 4.69) is 20.6 Å². The number of hydrogen-bond donors (Lipinski definition) is 2. The van der Waals surface area contributed by atoms with Crippen molar-refractivity contribution >= 4 is 12.2 Å². The average molecular weight is 261 g/mol. The number of aromatic amines is 1. The highest BCUT2D eigenvalue weighted by molar-refractivity contribution is 5.84. The van der Waals surface area contributed by atoms with Gasteiger partial charge in [-0.25, -0.2) is 5.10 Å². The summed E-state index contributed by atoms with van der Waals surface area (Å²) in [6, 6.07) is 6.31. The summed E-state index contributed by atoms with van der Waals surface area (Å²) >= 11 is 0. The van der Waals surface area contributed by atoms with Gasteiger partial charge in [-0.1, -0.05) is 12.1 Å². The molecule has 1 unspecified atom stereocenters. The number of nitrogens with one attached hydrogen (secondary N) is 1. The first kappa shape index (κ1) is 12.7. The number of nitrogens with zero attached hydrogens (tertiary/aromatic N) is 3. The van der Waals surface area contributed by atoms with Crippen LogP contribution in [-0.4, -0.2) is 32.8 Å². The van der Waals surface area contributed by atoms with Crippen molar-refractivity contribution in [1.82, 2.24) is 20.6 Å². The molecule has 1 aromatic carbocycles. The molecule has 0 fully saturated rings. The Balaban J connectivity index is 2.36. The zero-order chi connectivity index (χ0) is 13.9. The summed E-state index contributed by atoms with van der Waals surface area (Å²) in [6.45, 7) is 1.44. The monoisotopic (exact) mass is 261 g/mol. The lowest BCUT2D eigenvalue weighted by atomic mass is 10.1. The molecule has 1 atom stereocenters. The van der Waals surface area contributed by atoms with Crippen LogP contribution in [0.1, 0.15) is 23.1 Å². The molecule has 0 aliphatic carbocycles. The van der Waals surface area contributed by atoms with E-state index in [-0.39, 0.29) is 5.82 Å². The highest BCUT2D eigenvalue weighted by atomic mass is 16.5. The molecule has 2 rings (SSSR count). The molecule has 1 amide bonds. The van der Waals surface area contributed by atoms with Crippen LogP contribution in [0.4, 0.5) is 0 Å². The van der Waals surface area contributed by atoms with Crippen LogP contribution in [-0.2, 0) is 10.4 Å². The molecule has 0 spiro atoms. The van der Waals surface area contributed by atoms with E-state index in [0.717, 1.165) is 0 Å². The third kappa shape index (κ3) is 2.41. The van der Waals surface area contributed by atoms with Crippen LogP contribution in [0.2, 0.25) is 0 Å². The molecule has 19 heavy (non-hydrogen) atoms. The predicted octanol–water partition coefficient (Wildman–Crippen LogP) is -0.208. The lowest BCUT2D eigenvalue weighted by Gasteiger charge is -2.24. The summed E-state index contributed by atoms with van der Waals surface area (Å²) in [7, 11) is 0. The van der Waals surface area contributed by atoms with E-state index in [1.54, 1.807) is 18.2 Å². The Hall–Kier alpha value is -2.77. The second-order valence-corrected chi connectivity index (χ2v) is 3.94. The van der Waals surface area contributed by atoms with Crippen LogP contribution in [0.25, 0.3) is 0 Å². The van der Waals surface area contributed by atoms with Gasteiger partial charge >= 0.3 is 0 Å². The zero-order valence-electron chi connectivity index (χ0n) is 10.0. The largest absolute Gasteiger partial charge is 0.470 e. The first-order chi connectivity index (χ1) is 9.06. The molecule has 1 aromatic heterocycles. The fraction of sp³-hybridized carbons (Fsp3) is 0.182. The van der Waals surface area contributed by atoms with Crippen molar-refractivity contribution in [3.8, 4) is 5.75 Å². The van der Waals surface area contributed by atoms with Crippen molar-refractivity contribution in [3.63, 3.8) is 0 Å². The molecule has 2 aromatic rings. The lowest BCUT2D eigenvalue weighted by molar-refractivity contribution is -0.133. The molecule has 0 aliphatic rings. The van der Waals surface area contributed by atoms with E-state index < -0.39 is 11.5 Å². The van der Waals surface area contributed by atoms with Crippen LogP contribution in [0, 0.1) is 0 Å². The van der Waals surface area contributed by atoms with E-state index in [0.29, 0.717) is 17.6 Å². The number of benzene rings is 1. The summed E-state index contributed by atoms with van der Waals surface area (Å²) in [5.41, 5.74) is 4.20. The number of aldehydes is 1. The number of rotatable bonds is 5.